The molecule has 1 aromatic carbocycles. The van der Waals surface area contributed by atoms with Gasteiger partial charge in [-0.3, -0.25) is 14.5 Å². The van der Waals surface area contributed by atoms with Crippen molar-refractivity contribution in [2.45, 2.75) is 38.1 Å². The molecule has 0 radical (unpaired) electrons. The number of aryl methyl sites for hydroxylation is 1. The molecule has 1 aromatic heterocycles. The number of hydrogen-bond donors (Lipinski definition) is 2. The molecule has 1 atom stereocenters. The van der Waals surface area contributed by atoms with Crippen molar-refractivity contribution in [3.8, 4) is 11.5 Å². The lowest BCUT2D eigenvalue weighted by Crippen LogP contribution is -2.33. The maximum absolute atomic E-state index is 12.8. The summed E-state index contributed by atoms with van der Waals surface area (Å²) in [7, 11) is 0. The number of primary amides is 1. The number of fused-ring (bicyclic) bond motifs is 2. The van der Waals surface area contributed by atoms with E-state index in [2.05, 4.69) is 16.3 Å². The van der Waals surface area contributed by atoms with Gasteiger partial charge in [-0.05, 0) is 61.9 Å². The Morgan fingerprint density at radius 2 is 2.00 bits per heavy atom. The normalized spacial score (nSPS) is 20.2. The van der Waals surface area contributed by atoms with E-state index in [0.29, 0.717) is 23.8 Å². The summed E-state index contributed by atoms with van der Waals surface area (Å²) < 4.78 is 11.3. The first-order chi connectivity index (χ1) is 14.6. The summed E-state index contributed by atoms with van der Waals surface area (Å²) in [6.07, 6.45) is 4.88. The third-order valence-electron chi connectivity index (χ3n) is 6.08. The fourth-order valence-corrected chi connectivity index (χ4v) is 6.07. The minimum Gasteiger partial charge on any atom is -0.486 e. The van der Waals surface area contributed by atoms with E-state index in [9.17, 15) is 9.59 Å². The van der Waals surface area contributed by atoms with Gasteiger partial charge >= 0.3 is 0 Å². The first kappa shape index (κ1) is 19.4. The van der Waals surface area contributed by atoms with E-state index < -0.39 is 5.91 Å². The Bertz CT molecular complexity index is 1000. The predicted molar refractivity (Wildman–Crippen MR) is 114 cm³/mol. The van der Waals surface area contributed by atoms with Crippen molar-refractivity contribution in [3.05, 3.63) is 39.8 Å². The van der Waals surface area contributed by atoms with Gasteiger partial charge in [0, 0.05) is 10.9 Å². The van der Waals surface area contributed by atoms with Gasteiger partial charge in [0.25, 0.3) is 5.91 Å². The average molecular weight is 428 g/mol. The van der Waals surface area contributed by atoms with Crippen LogP contribution in [0.2, 0.25) is 0 Å². The van der Waals surface area contributed by atoms with Crippen molar-refractivity contribution in [3.63, 3.8) is 0 Å². The van der Waals surface area contributed by atoms with E-state index in [1.807, 2.05) is 12.1 Å². The van der Waals surface area contributed by atoms with E-state index in [-0.39, 0.29) is 18.5 Å². The van der Waals surface area contributed by atoms with Crippen molar-refractivity contribution in [1.29, 1.82) is 0 Å². The molecule has 3 aliphatic rings. The number of carbonyl (C=O) groups is 2. The fourth-order valence-electron chi connectivity index (χ4n) is 4.76. The second-order valence-corrected chi connectivity index (χ2v) is 9.11. The molecule has 158 valence electrons. The van der Waals surface area contributed by atoms with Gasteiger partial charge in [-0.15, -0.1) is 11.3 Å². The molecule has 3 heterocycles. The van der Waals surface area contributed by atoms with Crippen molar-refractivity contribution in [2.75, 3.05) is 31.6 Å². The topological polar surface area (TPSA) is 93.9 Å². The number of benzene rings is 1. The highest BCUT2D eigenvalue weighted by Gasteiger charge is 2.30. The third-order valence-corrected chi connectivity index (χ3v) is 7.29. The maximum Gasteiger partial charge on any atom is 0.251 e. The molecule has 5 rings (SSSR count). The van der Waals surface area contributed by atoms with Crippen LogP contribution in [-0.4, -0.2) is 43.0 Å². The van der Waals surface area contributed by atoms with E-state index in [4.69, 9.17) is 15.2 Å². The van der Waals surface area contributed by atoms with Crippen LogP contribution in [0.1, 0.15) is 51.7 Å². The molecule has 1 aliphatic carbocycles. The van der Waals surface area contributed by atoms with Crippen LogP contribution in [0.5, 0.6) is 11.5 Å². The number of carbonyl (C=O) groups excluding carboxylic acids is 2. The molecule has 1 saturated heterocycles. The van der Waals surface area contributed by atoms with Gasteiger partial charge in [-0.2, -0.15) is 0 Å². The molecule has 3 N–H and O–H groups in total. The summed E-state index contributed by atoms with van der Waals surface area (Å²) in [6.45, 7) is 2.26. The Morgan fingerprint density at radius 1 is 1.17 bits per heavy atom. The molecule has 0 spiro atoms. The smallest absolute Gasteiger partial charge is 0.251 e. The molecule has 0 bridgehead atoms. The molecule has 2 aromatic rings. The van der Waals surface area contributed by atoms with Gasteiger partial charge < -0.3 is 20.5 Å². The number of hydrogen-bond acceptors (Lipinski definition) is 6. The lowest BCUT2D eigenvalue weighted by molar-refractivity contribution is -0.117. The number of nitrogens with one attached hydrogen (secondary N) is 1. The van der Waals surface area contributed by atoms with E-state index in [1.54, 1.807) is 0 Å². The lowest BCUT2D eigenvalue weighted by atomic mass is 10.0. The van der Waals surface area contributed by atoms with Gasteiger partial charge in [0.1, 0.15) is 18.2 Å². The minimum absolute atomic E-state index is 0.109. The first-order valence-electron chi connectivity index (χ1n) is 10.5. The Kier molecular flexibility index (Phi) is 5.12. The predicted octanol–water partition coefficient (Wildman–Crippen LogP) is 2.88. The van der Waals surface area contributed by atoms with E-state index in [1.165, 1.54) is 16.2 Å². The number of nitrogens with two attached hydrogens (primary N) is 1. The molecule has 0 unspecified atom stereocenters. The largest absolute Gasteiger partial charge is 0.486 e. The van der Waals surface area contributed by atoms with Crippen molar-refractivity contribution >= 4 is 28.2 Å². The molecule has 0 saturated carbocycles. The molecule has 8 heteroatoms. The average Bonchev–Trinajstić information content (AvgIpc) is 3.43. The summed E-state index contributed by atoms with van der Waals surface area (Å²) in [5, 5.41) is 3.57. The van der Waals surface area contributed by atoms with Crippen LogP contribution in [0.3, 0.4) is 0 Å². The Labute approximate surface area is 179 Å². The van der Waals surface area contributed by atoms with E-state index in [0.717, 1.165) is 61.3 Å². The minimum atomic E-state index is -0.458. The highest BCUT2D eigenvalue weighted by atomic mass is 32.1. The van der Waals surface area contributed by atoms with Crippen LogP contribution < -0.4 is 20.5 Å². The highest BCUT2D eigenvalue weighted by Crippen LogP contribution is 2.40. The van der Waals surface area contributed by atoms with Gasteiger partial charge in [0.05, 0.1) is 12.1 Å². The lowest BCUT2D eigenvalue weighted by Gasteiger charge is -2.26. The second kappa shape index (κ2) is 7.92. The van der Waals surface area contributed by atoms with Crippen molar-refractivity contribution in [2.24, 2.45) is 5.73 Å². The summed E-state index contributed by atoms with van der Waals surface area (Å²) in [4.78, 5) is 28.2. The molecule has 30 heavy (non-hydrogen) atoms. The monoisotopic (exact) mass is 427 g/mol. The number of likely N-dealkylation sites (tertiary alicyclic amines) is 1. The van der Waals surface area contributed by atoms with Crippen molar-refractivity contribution in [1.82, 2.24) is 4.90 Å². The van der Waals surface area contributed by atoms with E-state index >= 15 is 0 Å². The van der Waals surface area contributed by atoms with Gasteiger partial charge in [-0.25, -0.2) is 0 Å². The Morgan fingerprint density at radius 3 is 2.83 bits per heavy atom. The molecule has 2 amide bonds. The van der Waals surface area contributed by atoms with Gasteiger partial charge in [0.2, 0.25) is 5.91 Å². The third kappa shape index (κ3) is 3.54. The van der Waals surface area contributed by atoms with Gasteiger partial charge in [0.15, 0.2) is 11.5 Å². The Hall–Kier alpha value is -2.58. The molecular formula is C22H25N3O4S. The zero-order valence-corrected chi connectivity index (χ0v) is 17.6. The van der Waals surface area contributed by atoms with Crippen LogP contribution in [0.25, 0.3) is 0 Å². The molecular weight excluding hydrogens is 402 g/mol. The Balaban J connectivity index is 1.30. The second-order valence-electron chi connectivity index (χ2n) is 8.01. The highest BCUT2D eigenvalue weighted by molar-refractivity contribution is 7.17. The van der Waals surface area contributed by atoms with Crippen LogP contribution >= 0.6 is 11.3 Å². The fraction of sp³-hybridized carbons (Fsp3) is 0.455. The quantitative estimate of drug-likeness (QED) is 0.765. The standard InChI is InChI=1S/C22H25N3O4S/c23-21(27)20-14-3-1-5-18(14)30-22(20)24-19(26)12-25-8-2-4-15(25)13-6-7-16-17(11-13)29-10-9-28-16/h6-7,11,15H,1-5,8-10,12H2,(H2,23,27)(H,24,26)/t15-/m1/s1. The molecule has 2 aliphatic heterocycles. The van der Waals surface area contributed by atoms with Crippen molar-refractivity contribution < 1.29 is 19.1 Å². The summed E-state index contributed by atoms with van der Waals surface area (Å²) >= 11 is 1.49. The zero-order chi connectivity index (χ0) is 20.7. The number of nitrogens with zero attached hydrogens (tertiary/aromatic N) is 1. The van der Waals surface area contributed by atoms with Crippen LogP contribution in [0, 0.1) is 0 Å². The van der Waals surface area contributed by atoms with Crippen LogP contribution in [0.4, 0.5) is 5.00 Å². The molecule has 7 nitrogen and oxygen atoms in total. The molecule has 1 fully saturated rings. The SMILES string of the molecule is NC(=O)c1c(NC(=O)CN2CCC[C@@H]2c2ccc3c(c2)OCCO3)sc2c1CCC2. The zero-order valence-electron chi connectivity index (χ0n) is 16.7. The number of thiophene rings is 1. The maximum atomic E-state index is 12.8. The number of anilines is 1. The van der Waals surface area contributed by atoms with Gasteiger partial charge in [-0.1, -0.05) is 6.07 Å². The first-order valence-corrected chi connectivity index (χ1v) is 11.3. The summed E-state index contributed by atoms with van der Waals surface area (Å²) in [5.74, 6) is 0.980. The number of amides is 2. The number of rotatable bonds is 5. The summed E-state index contributed by atoms with van der Waals surface area (Å²) in [6, 6.07) is 6.20. The van der Waals surface area contributed by atoms with Crippen LogP contribution in [0.15, 0.2) is 18.2 Å². The number of ether oxygens (including phenoxy) is 2. The van der Waals surface area contributed by atoms with Crippen LogP contribution in [-0.2, 0) is 17.6 Å². The summed E-state index contributed by atoms with van der Waals surface area (Å²) in [5.41, 5.74) is 8.28.